The van der Waals surface area contributed by atoms with Gasteiger partial charge in [-0.15, -0.1) is 0 Å². The Balaban J connectivity index is 2.44. The summed E-state index contributed by atoms with van der Waals surface area (Å²) < 4.78 is 5.35. The van der Waals surface area contributed by atoms with E-state index in [9.17, 15) is 4.79 Å². The van der Waals surface area contributed by atoms with Crippen LogP contribution < -0.4 is 11.1 Å². The lowest BCUT2D eigenvalue weighted by atomic mass is 10.2. The Kier molecular flexibility index (Phi) is 6.32. The lowest BCUT2D eigenvalue weighted by molar-refractivity contribution is -0.124. The molecule has 1 rings (SSSR count). The second kappa shape index (κ2) is 7.79. The van der Waals surface area contributed by atoms with Crippen LogP contribution in [-0.4, -0.2) is 30.1 Å². The molecule has 0 aliphatic heterocycles. The number of carbonyl (C=O) groups excluding carboxylic acids is 1. The maximum Gasteiger partial charge on any atom is 0.223 e. The fourth-order valence-electron chi connectivity index (χ4n) is 1.66. The standard InChI is InChI=1S/C13H21N3O2/c1-3-18-11(9-14)8-13(17)16-10(2)12-6-4-5-7-15-12/h4-7,10-11H,3,8-9,14H2,1-2H3,(H,16,17). The van der Waals surface area contributed by atoms with Crippen molar-refractivity contribution in [3.63, 3.8) is 0 Å². The lowest BCUT2D eigenvalue weighted by Gasteiger charge is -2.17. The van der Waals surface area contributed by atoms with Crippen LogP contribution in [0.3, 0.4) is 0 Å². The SMILES string of the molecule is CCOC(CN)CC(=O)NC(C)c1ccccn1. The molecule has 0 radical (unpaired) electrons. The van der Waals surface area contributed by atoms with Crippen LogP contribution in [0, 0.1) is 0 Å². The van der Waals surface area contributed by atoms with Crippen LogP contribution in [0.4, 0.5) is 0 Å². The Labute approximate surface area is 108 Å². The van der Waals surface area contributed by atoms with Crippen molar-refractivity contribution in [1.82, 2.24) is 10.3 Å². The zero-order chi connectivity index (χ0) is 13.4. The van der Waals surface area contributed by atoms with E-state index >= 15 is 0 Å². The van der Waals surface area contributed by atoms with Gasteiger partial charge in [0.1, 0.15) is 0 Å². The number of amides is 1. The van der Waals surface area contributed by atoms with E-state index in [1.165, 1.54) is 0 Å². The van der Waals surface area contributed by atoms with Gasteiger partial charge in [0.25, 0.3) is 0 Å². The number of carbonyl (C=O) groups is 1. The first-order chi connectivity index (χ1) is 8.67. The summed E-state index contributed by atoms with van der Waals surface area (Å²) in [5.74, 6) is -0.0722. The molecule has 3 N–H and O–H groups in total. The Morgan fingerprint density at radius 1 is 1.56 bits per heavy atom. The smallest absolute Gasteiger partial charge is 0.223 e. The third-order valence-electron chi connectivity index (χ3n) is 2.59. The van der Waals surface area contributed by atoms with Gasteiger partial charge in [-0.1, -0.05) is 6.07 Å². The molecule has 2 atom stereocenters. The molecule has 5 nitrogen and oxygen atoms in total. The third-order valence-corrected chi connectivity index (χ3v) is 2.59. The van der Waals surface area contributed by atoms with Crippen LogP contribution in [0.2, 0.25) is 0 Å². The molecule has 100 valence electrons. The van der Waals surface area contributed by atoms with Crippen LogP contribution in [0.15, 0.2) is 24.4 Å². The quantitative estimate of drug-likeness (QED) is 0.758. The number of ether oxygens (including phenoxy) is 1. The summed E-state index contributed by atoms with van der Waals surface area (Å²) in [5, 5.41) is 2.88. The van der Waals surface area contributed by atoms with Gasteiger partial charge in [-0.05, 0) is 26.0 Å². The van der Waals surface area contributed by atoms with E-state index in [0.717, 1.165) is 5.69 Å². The van der Waals surface area contributed by atoms with E-state index < -0.39 is 0 Å². The maximum atomic E-state index is 11.8. The highest BCUT2D eigenvalue weighted by Gasteiger charge is 2.15. The Bertz CT molecular complexity index is 357. The molecule has 0 aliphatic carbocycles. The van der Waals surface area contributed by atoms with Gasteiger partial charge in [0, 0.05) is 19.3 Å². The number of nitrogens with two attached hydrogens (primary N) is 1. The normalized spacial score (nSPS) is 13.9. The summed E-state index contributed by atoms with van der Waals surface area (Å²) in [6, 6.07) is 5.51. The highest BCUT2D eigenvalue weighted by atomic mass is 16.5. The minimum absolute atomic E-state index is 0.0722. The zero-order valence-electron chi connectivity index (χ0n) is 10.9. The largest absolute Gasteiger partial charge is 0.377 e. The summed E-state index contributed by atoms with van der Waals surface area (Å²) in [6.45, 7) is 4.69. The van der Waals surface area contributed by atoms with Crippen LogP contribution >= 0.6 is 0 Å². The predicted molar refractivity (Wildman–Crippen MR) is 69.9 cm³/mol. The molecule has 1 heterocycles. The van der Waals surface area contributed by atoms with Gasteiger partial charge < -0.3 is 15.8 Å². The van der Waals surface area contributed by atoms with Gasteiger partial charge in [-0.3, -0.25) is 9.78 Å². The average molecular weight is 251 g/mol. The molecule has 0 fully saturated rings. The number of pyridine rings is 1. The van der Waals surface area contributed by atoms with Crippen molar-refractivity contribution in [1.29, 1.82) is 0 Å². The minimum atomic E-state index is -0.217. The molecule has 2 unspecified atom stereocenters. The van der Waals surface area contributed by atoms with Gasteiger partial charge in [0.05, 0.1) is 24.3 Å². The molecule has 0 aliphatic rings. The van der Waals surface area contributed by atoms with Crippen molar-refractivity contribution < 1.29 is 9.53 Å². The van der Waals surface area contributed by atoms with Gasteiger partial charge in [0.15, 0.2) is 0 Å². The number of hydrogen-bond donors (Lipinski definition) is 2. The molecule has 0 aromatic carbocycles. The van der Waals surface area contributed by atoms with E-state index in [4.69, 9.17) is 10.5 Å². The van der Waals surface area contributed by atoms with E-state index in [1.54, 1.807) is 6.20 Å². The van der Waals surface area contributed by atoms with E-state index in [1.807, 2.05) is 32.0 Å². The van der Waals surface area contributed by atoms with Crippen molar-refractivity contribution >= 4 is 5.91 Å². The Morgan fingerprint density at radius 3 is 2.89 bits per heavy atom. The van der Waals surface area contributed by atoms with Crippen molar-refractivity contribution in [2.45, 2.75) is 32.4 Å². The molecule has 5 heteroatoms. The highest BCUT2D eigenvalue weighted by Crippen LogP contribution is 2.08. The van der Waals surface area contributed by atoms with E-state index in [0.29, 0.717) is 13.2 Å². The van der Waals surface area contributed by atoms with Crippen LogP contribution in [0.25, 0.3) is 0 Å². The summed E-state index contributed by atoms with van der Waals surface area (Å²) in [7, 11) is 0. The average Bonchev–Trinajstić information content (AvgIpc) is 2.39. The number of aromatic nitrogens is 1. The first-order valence-corrected chi connectivity index (χ1v) is 6.19. The van der Waals surface area contributed by atoms with Crippen LogP contribution in [0.5, 0.6) is 0 Å². The van der Waals surface area contributed by atoms with E-state index in [2.05, 4.69) is 10.3 Å². The molecule has 1 aromatic heterocycles. The lowest BCUT2D eigenvalue weighted by Crippen LogP contribution is -2.34. The second-order valence-corrected chi connectivity index (χ2v) is 4.06. The first-order valence-electron chi connectivity index (χ1n) is 6.19. The third kappa shape index (κ3) is 4.81. The predicted octanol–water partition coefficient (Wildman–Crippen LogP) is 1.01. The zero-order valence-corrected chi connectivity index (χ0v) is 10.9. The number of nitrogens with one attached hydrogen (secondary N) is 1. The molecule has 0 spiro atoms. The fraction of sp³-hybridized carbons (Fsp3) is 0.538. The van der Waals surface area contributed by atoms with Crippen LogP contribution in [-0.2, 0) is 9.53 Å². The van der Waals surface area contributed by atoms with E-state index in [-0.39, 0.29) is 24.5 Å². The Morgan fingerprint density at radius 2 is 2.33 bits per heavy atom. The molecule has 0 bridgehead atoms. The number of rotatable bonds is 7. The van der Waals surface area contributed by atoms with Crippen molar-refractivity contribution in [2.24, 2.45) is 5.73 Å². The molecule has 0 saturated carbocycles. The highest BCUT2D eigenvalue weighted by molar-refractivity contribution is 5.76. The van der Waals surface area contributed by atoms with Crippen molar-refractivity contribution in [3.8, 4) is 0 Å². The summed E-state index contributed by atoms with van der Waals surface area (Å²) in [6.07, 6.45) is 1.77. The summed E-state index contributed by atoms with van der Waals surface area (Å²) in [4.78, 5) is 16.0. The fourth-order valence-corrected chi connectivity index (χ4v) is 1.66. The molecule has 1 amide bonds. The van der Waals surface area contributed by atoms with Gasteiger partial charge >= 0.3 is 0 Å². The van der Waals surface area contributed by atoms with Gasteiger partial charge in [-0.2, -0.15) is 0 Å². The van der Waals surface area contributed by atoms with Crippen molar-refractivity contribution in [3.05, 3.63) is 30.1 Å². The molecule has 18 heavy (non-hydrogen) atoms. The van der Waals surface area contributed by atoms with Gasteiger partial charge in [-0.25, -0.2) is 0 Å². The van der Waals surface area contributed by atoms with Crippen molar-refractivity contribution in [2.75, 3.05) is 13.2 Å². The minimum Gasteiger partial charge on any atom is -0.377 e. The topological polar surface area (TPSA) is 77.2 Å². The monoisotopic (exact) mass is 251 g/mol. The molecular weight excluding hydrogens is 230 g/mol. The summed E-state index contributed by atoms with van der Waals surface area (Å²) in [5.41, 5.74) is 6.37. The number of hydrogen-bond acceptors (Lipinski definition) is 4. The van der Waals surface area contributed by atoms with Gasteiger partial charge in [0.2, 0.25) is 5.91 Å². The Hall–Kier alpha value is -1.46. The molecular formula is C13H21N3O2. The second-order valence-electron chi connectivity index (χ2n) is 4.06. The van der Waals surface area contributed by atoms with Crippen LogP contribution in [0.1, 0.15) is 32.0 Å². The first kappa shape index (κ1) is 14.6. The molecule has 1 aromatic rings. The number of nitrogens with zero attached hydrogens (tertiary/aromatic N) is 1. The maximum absolute atomic E-state index is 11.8. The summed E-state index contributed by atoms with van der Waals surface area (Å²) >= 11 is 0. The molecule has 0 saturated heterocycles.